The Hall–Kier alpha value is -3.72. The normalized spacial score (nSPS) is 19.7. The molecule has 40 heavy (non-hydrogen) atoms. The Balaban J connectivity index is 1.29. The third-order valence-corrected chi connectivity index (χ3v) is 7.58. The Bertz CT molecular complexity index is 1470. The fourth-order valence-electron chi connectivity index (χ4n) is 5.66. The van der Waals surface area contributed by atoms with E-state index in [0.717, 1.165) is 25.5 Å². The Morgan fingerprint density at radius 2 is 1.98 bits per heavy atom. The number of piperidine rings is 1. The van der Waals surface area contributed by atoms with Gasteiger partial charge in [0.1, 0.15) is 17.2 Å². The highest BCUT2D eigenvalue weighted by atomic mass is 19.4. The minimum absolute atomic E-state index is 0.0132. The van der Waals surface area contributed by atoms with E-state index in [4.69, 9.17) is 4.74 Å². The van der Waals surface area contributed by atoms with Crippen LogP contribution in [0.1, 0.15) is 56.9 Å². The third kappa shape index (κ3) is 5.47. The van der Waals surface area contributed by atoms with Gasteiger partial charge in [0.05, 0.1) is 22.8 Å². The summed E-state index contributed by atoms with van der Waals surface area (Å²) in [6, 6.07) is 8.08. The van der Waals surface area contributed by atoms with Crippen LogP contribution in [-0.2, 0) is 24.4 Å². The summed E-state index contributed by atoms with van der Waals surface area (Å²) in [7, 11) is 1.65. The van der Waals surface area contributed by atoms with Crippen molar-refractivity contribution in [2.24, 2.45) is 7.05 Å². The van der Waals surface area contributed by atoms with Crippen molar-refractivity contribution in [1.29, 1.82) is 5.26 Å². The van der Waals surface area contributed by atoms with Gasteiger partial charge in [-0.25, -0.2) is 14.5 Å². The first-order valence-corrected chi connectivity index (χ1v) is 13.4. The number of hydrogen-bond donors (Lipinski definition) is 0. The topological polar surface area (TPSA) is 100 Å². The van der Waals surface area contributed by atoms with Crippen molar-refractivity contribution in [1.82, 2.24) is 29.8 Å². The molecule has 212 valence electrons. The first-order chi connectivity index (χ1) is 18.9. The minimum Gasteiger partial charge on any atom is -0.444 e. The van der Waals surface area contributed by atoms with Crippen LogP contribution in [0.25, 0.3) is 22.3 Å². The lowest BCUT2D eigenvalue weighted by atomic mass is 9.87. The van der Waals surface area contributed by atoms with E-state index in [1.807, 2.05) is 26.8 Å². The van der Waals surface area contributed by atoms with Gasteiger partial charge in [-0.05, 0) is 77.2 Å². The first-order valence-electron chi connectivity index (χ1n) is 13.4. The molecule has 4 heterocycles. The van der Waals surface area contributed by atoms with Gasteiger partial charge in [0.2, 0.25) is 0 Å². The van der Waals surface area contributed by atoms with Gasteiger partial charge in [0.25, 0.3) is 0 Å². The third-order valence-electron chi connectivity index (χ3n) is 7.58. The lowest BCUT2D eigenvalue weighted by Crippen LogP contribution is -2.70. The first kappa shape index (κ1) is 27.8. The van der Waals surface area contributed by atoms with Gasteiger partial charge in [-0.1, -0.05) is 17.3 Å². The molecule has 2 aliphatic heterocycles. The second-order valence-corrected chi connectivity index (χ2v) is 11.5. The number of nitriles is 1. The zero-order valence-corrected chi connectivity index (χ0v) is 23.0. The standard InChI is InChI=1S/C28H32F3N7O2/c1-27(2,3)40-26(39)38-16-24-22(38)8-6-12-37(24)11-5-7-17-9-10-18(13-19(17)28(29,30)31)20-14-23-25(21(15-32)33-20)34-35-36(23)4/h9-10,13-14,22,24H,5-8,11-12,16H2,1-4H3. The van der Waals surface area contributed by atoms with Crippen LogP contribution >= 0.6 is 0 Å². The molecule has 2 fully saturated rings. The van der Waals surface area contributed by atoms with Crippen molar-refractivity contribution in [3.63, 3.8) is 0 Å². The number of halogens is 3. The molecule has 1 aromatic carbocycles. The fourth-order valence-corrected chi connectivity index (χ4v) is 5.66. The van der Waals surface area contributed by atoms with Gasteiger partial charge in [0.15, 0.2) is 5.69 Å². The number of likely N-dealkylation sites (tertiary alicyclic amines) is 2. The molecule has 5 rings (SSSR count). The smallest absolute Gasteiger partial charge is 0.416 e. The molecule has 0 saturated carbocycles. The number of nitrogens with zero attached hydrogens (tertiary/aromatic N) is 7. The van der Waals surface area contributed by atoms with Crippen molar-refractivity contribution in [3.05, 3.63) is 41.1 Å². The molecule has 2 aliphatic rings. The Kier molecular flexibility index (Phi) is 7.20. The summed E-state index contributed by atoms with van der Waals surface area (Å²) in [5.74, 6) is 0. The molecule has 0 N–H and O–H groups in total. The molecular formula is C28H32F3N7O2. The van der Waals surface area contributed by atoms with Crippen LogP contribution in [0, 0.1) is 11.3 Å². The van der Waals surface area contributed by atoms with Crippen LogP contribution in [0.2, 0.25) is 0 Å². The predicted molar refractivity (Wildman–Crippen MR) is 141 cm³/mol. The molecular weight excluding hydrogens is 523 g/mol. The van der Waals surface area contributed by atoms with E-state index in [0.29, 0.717) is 30.5 Å². The molecule has 2 unspecified atom stereocenters. The number of hydrogen-bond acceptors (Lipinski definition) is 7. The number of pyridine rings is 1. The highest BCUT2D eigenvalue weighted by molar-refractivity contribution is 5.83. The molecule has 0 aliphatic carbocycles. The number of benzene rings is 1. The molecule has 0 spiro atoms. The Morgan fingerprint density at radius 1 is 1.20 bits per heavy atom. The van der Waals surface area contributed by atoms with E-state index in [1.54, 1.807) is 24.1 Å². The van der Waals surface area contributed by atoms with Gasteiger partial charge in [-0.15, -0.1) is 5.10 Å². The summed E-state index contributed by atoms with van der Waals surface area (Å²) in [4.78, 5) is 20.8. The molecule has 12 heteroatoms. The lowest BCUT2D eigenvalue weighted by molar-refractivity contribution is -0.138. The average Bonchev–Trinajstić information content (AvgIpc) is 3.23. The number of amides is 1. The van der Waals surface area contributed by atoms with Crippen molar-refractivity contribution in [2.45, 2.75) is 70.3 Å². The van der Waals surface area contributed by atoms with E-state index in [-0.39, 0.29) is 47.1 Å². The fraction of sp³-hybridized carbons (Fsp3) is 0.536. The van der Waals surface area contributed by atoms with E-state index in [9.17, 15) is 23.2 Å². The summed E-state index contributed by atoms with van der Waals surface area (Å²) in [6.07, 6.45) is -2.19. The van der Waals surface area contributed by atoms with Crippen LogP contribution in [-0.4, -0.2) is 73.2 Å². The zero-order valence-electron chi connectivity index (χ0n) is 23.0. The molecule has 1 amide bonds. The number of alkyl halides is 3. The number of ether oxygens (including phenoxy) is 1. The summed E-state index contributed by atoms with van der Waals surface area (Å²) >= 11 is 0. The van der Waals surface area contributed by atoms with Gasteiger partial charge >= 0.3 is 12.3 Å². The number of aromatic nitrogens is 4. The van der Waals surface area contributed by atoms with Gasteiger partial charge < -0.3 is 9.64 Å². The lowest BCUT2D eigenvalue weighted by Gasteiger charge is -2.55. The average molecular weight is 556 g/mol. The van der Waals surface area contributed by atoms with E-state index < -0.39 is 17.3 Å². The number of carbonyl (C=O) groups is 1. The van der Waals surface area contributed by atoms with Gasteiger partial charge in [0, 0.05) is 25.2 Å². The van der Waals surface area contributed by atoms with Gasteiger partial charge in [-0.2, -0.15) is 18.4 Å². The second-order valence-electron chi connectivity index (χ2n) is 11.5. The maximum Gasteiger partial charge on any atom is 0.416 e. The highest BCUT2D eigenvalue weighted by Crippen LogP contribution is 2.37. The summed E-state index contributed by atoms with van der Waals surface area (Å²) in [5.41, 5.74) is 0.319. The van der Waals surface area contributed by atoms with Gasteiger partial charge in [-0.3, -0.25) is 4.90 Å². The maximum absolute atomic E-state index is 14.1. The van der Waals surface area contributed by atoms with Crippen LogP contribution in [0.4, 0.5) is 18.0 Å². The van der Waals surface area contributed by atoms with Crippen LogP contribution in [0.15, 0.2) is 24.3 Å². The second kappa shape index (κ2) is 10.4. The maximum atomic E-state index is 14.1. The minimum atomic E-state index is -4.54. The van der Waals surface area contributed by atoms with Crippen LogP contribution < -0.4 is 0 Å². The number of fused-ring (bicyclic) bond motifs is 2. The number of aryl methyl sites for hydroxylation is 2. The molecule has 0 radical (unpaired) electrons. The largest absolute Gasteiger partial charge is 0.444 e. The van der Waals surface area contributed by atoms with Crippen molar-refractivity contribution in [3.8, 4) is 17.3 Å². The summed E-state index contributed by atoms with van der Waals surface area (Å²) in [5, 5.41) is 17.3. The zero-order chi connectivity index (χ0) is 28.8. The van der Waals surface area contributed by atoms with E-state index in [2.05, 4.69) is 20.2 Å². The SMILES string of the molecule is Cn1nnc2c(C#N)nc(-c3ccc(CCCN4CCCC5C4CN5C(=O)OC(C)(C)C)c(C(F)(F)F)c3)cc21. The number of carbonyl (C=O) groups excluding carboxylic acids is 1. The van der Waals surface area contributed by atoms with E-state index >= 15 is 0 Å². The monoisotopic (exact) mass is 555 g/mol. The molecule has 3 aromatic rings. The summed E-state index contributed by atoms with van der Waals surface area (Å²) in [6.45, 7) is 7.62. The predicted octanol–water partition coefficient (Wildman–Crippen LogP) is 4.94. The van der Waals surface area contributed by atoms with Crippen molar-refractivity contribution in [2.75, 3.05) is 19.6 Å². The van der Waals surface area contributed by atoms with E-state index in [1.165, 1.54) is 10.7 Å². The Morgan fingerprint density at radius 3 is 2.67 bits per heavy atom. The molecule has 0 bridgehead atoms. The molecule has 9 nitrogen and oxygen atoms in total. The van der Waals surface area contributed by atoms with Crippen LogP contribution in [0.5, 0.6) is 0 Å². The molecule has 2 atom stereocenters. The quantitative estimate of drug-likeness (QED) is 0.440. The number of rotatable bonds is 5. The van der Waals surface area contributed by atoms with Crippen molar-refractivity contribution >= 4 is 17.1 Å². The molecule has 2 saturated heterocycles. The molecule has 2 aromatic heterocycles. The Labute approximate surface area is 230 Å². The van der Waals surface area contributed by atoms with Crippen LogP contribution in [0.3, 0.4) is 0 Å². The summed E-state index contributed by atoms with van der Waals surface area (Å²) < 4.78 is 49.4. The highest BCUT2D eigenvalue weighted by Gasteiger charge is 2.47. The van der Waals surface area contributed by atoms with Crippen molar-refractivity contribution < 1.29 is 22.7 Å².